The van der Waals surface area contributed by atoms with Crippen LogP contribution in [-0.4, -0.2) is 16.9 Å². The summed E-state index contributed by atoms with van der Waals surface area (Å²) in [6.45, 7) is 5.57. The minimum absolute atomic E-state index is 0.107. The number of hydrogen-bond acceptors (Lipinski definition) is 3. The van der Waals surface area contributed by atoms with Crippen LogP contribution in [0.2, 0.25) is 0 Å². The predicted molar refractivity (Wildman–Crippen MR) is 61.6 cm³/mol. The molecule has 2 rings (SSSR count). The van der Waals surface area contributed by atoms with Crippen LogP contribution in [0, 0.1) is 0 Å². The molecule has 3 heteroatoms. The Morgan fingerprint density at radius 1 is 1.44 bits per heavy atom. The summed E-state index contributed by atoms with van der Waals surface area (Å²) in [7, 11) is 0. The maximum absolute atomic E-state index is 11.6. The van der Waals surface area contributed by atoms with E-state index in [0.717, 1.165) is 18.5 Å². The van der Waals surface area contributed by atoms with Crippen molar-refractivity contribution in [2.24, 2.45) is 0 Å². The maximum Gasteiger partial charge on any atom is 0.213 e. The molecule has 0 N–H and O–H groups in total. The molecular formula is C13H17NO2. The van der Waals surface area contributed by atoms with Crippen molar-refractivity contribution in [3.8, 4) is 5.88 Å². The highest BCUT2D eigenvalue weighted by Crippen LogP contribution is 2.48. The Bertz CT molecular complexity index is 408. The molecule has 0 radical (unpaired) electrons. The topological polar surface area (TPSA) is 39.2 Å². The second-order valence-corrected chi connectivity index (χ2v) is 4.67. The normalized spacial score (nSPS) is 17.2. The van der Waals surface area contributed by atoms with Crippen LogP contribution < -0.4 is 4.74 Å². The number of rotatable bonds is 4. The number of nitrogens with zero attached hydrogens (tertiary/aromatic N) is 1. The minimum Gasteiger partial charge on any atom is -0.475 e. The van der Waals surface area contributed by atoms with Crippen molar-refractivity contribution in [2.75, 3.05) is 0 Å². The first-order valence-corrected chi connectivity index (χ1v) is 5.70. The fourth-order valence-electron chi connectivity index (χ4n) is 1.90. The molecule has 0 aliphatic heterocycles. The number of ketones is 1. The lowest BCUT2D eigenvalue weighted by atomic mass is 9.97. The highest BCUT2D eigenvalue weighted by atomic mass is 16.5. The summed E-state index contributed by atoms with van der Waals surface area (Å²) in [6.07, 6.45) is 1.94. The van der Waals surface area contributed by atoms with Gasteiger partial charge in [0, 0.05) is 6.07 Å². The number of carbonyl (C=O) groups is 1. The zero-order valence-electron chi connectivity index (χ0n) is 9.99. The van der Waals surface area contributed by atoms with Crippen LogP contribution in [0.4, 0.5) is 0 Å². The molecule has 0 amide bonds. The van der Waals surface area contributed by atoms with Crippen LogP contribution >= 0.6 is 0 Å². The fourth-order valence-corrected chi connectivity index (χ4v) is 1.90. The molecule has 1 saturated carbocycles. The molecule has 0 unspecified atom stereocenters. The van der Waals surface area contributed by atoms with E-state index in [4.69, 9.17) is 4.74 Å². The van der Waals surface area contributed by atoms with Gasteiger partial charge < -0.3 is 4.74 Å². The zero-order valence-corrected chi connectivity index (χ0v) is 9.99. The molecule has 0 aromatic carbocycles. The van der Waals surface area contributed by atoms with E-state index in [2.05, 4.69) is 4.98 Å². The first-order chi connectivity index (χ1) is 7.54. The number of aromatic nitrogens is 1. The van der Waals surface area contributed by atoms with Gasteiger partial charge in [-0.2, -0.15) is 0 Å². The monoisotopic (exact) mass is 219 g/mol. The second kappa shape index (κ2) is 3.89. The van der Waals surface area contributed by atoms with E-state index in [9.17, 15) is 4.79 Å². The largest absolute Gasteiger partial charge is 0.475 e. The zero-order chi connectivity index (χ0) is 11.8. The van der Waals surface area contributed by atoms with E-state index in [1.807, 2.05) is 32.0 Å². The van der Waals surface area contributed by atoms with Crippen LogP contribution in [-0.2, 0) is 10.2 Å². The van der Waals surface area contributed by atoms with E-state index < -0.39 is 0 Å². The third kappa shape index (κ3) is 1.94. The quantitative estimate of drug-likeness (QED) is 0.781. The third-order valence-corrected chi connectivity index (χ3v) is 2.99. The van der Waals surface area contributed by atoms with Gasteiger partial charge in [0.2, 0.25) is 5.88 Å². The number of ether oxygens (including phenoxy) is 1. The summed E-state index contributed by atoms with van der Waals surface area (Å²) < 4.78 is 5.54. The van der Waals surface area contributed by atoms with Gasteiger partial charge in [-0.05, 0) is 39.7 Å². The second-order valence-electron chi connectivity index (χ2n) is 4.67. The maximum atomic E-state index is 11.6. The van der Waals surface area contributed by atoms with E-state index in [-0.39, 0.29) is 17.3 Å². The van der Waals surface area contributed by atoms with Crippen molar-refractivity contribution in [3.63, 3.8) is 0 Å². The van der Waals surface area contributed by atoms with E-state index in [1.54, 1.807) is 6.92 Å². The SMILES string of the molecule is CC(=O)C1(c2cccc(OC(C)C)n2)CC1. The van der Waals surface area contributed by atoms with Gasteiger partial charge in [0.1, 0.15) is 5.78 Å². The van der Waals surface area contributed by atoms with Gasteiger partial charge in [0.05, 0.1) is 17.2 Å². The van der Waals surface area contributed by atoms with Gasteiger partial charge in [0.15, 0.2) is 0 Å². The Labute approximate surface area is 95.8 Å². The predicted octanol–water partition coefficient (Wildman–Crippen LogP) is 2.49. The molecule has 16 heavy (non-hydrogen) atoms. The summed E-state index contributed by atoms with van der Waals surface area (Å²) >= 11 is 0. The Kier molecular flexibility index (Phi) is 2.70. The molecular weight excluding hydrogens is 202 g/mol. The molecule has 3 nitrogen and oxygen atoms in total. The van der Waals surface area contributed by atoms with Crippen molar-refractivity contribution in [1.29, 1.82) is 0 Å². The Balaban J connectivity index is 2.26. The van der Waals surface area contributed by atoms with Crippen LogP contribution in [0.25, 0.3) is 0 Å². The standard InChI is InChI=1S/C13H17NO2/c1-9(2)16-12-6-4-5-11(14-12)13(7-8-13)10(3)15/h4-6,9H,7-8H2,1-3H3. The number of pyridine rings is 1. The minimum atomic E-state index is -0.309. The van der Waals surface area contributed by atoms with Crippen molar-refractivity contribution in [1.82, 2.24) is 4.98 Å². The van der Waals surface area contributed by atoms with Crippen LogP contribution in [0.15, 0.2) is 18.2 Å². The highest BCUT2D eigenvalue weighted by Gasteiger charge is 2.50. The molecule has 86 valence electrons. The van der Waals surface area contributed by atoms with Crippen LogP contribution in [0.3, 0.4) is 0 Å². The summed E-state index contributed by atoms with van der Waals surface area (Å²) in [5, 5.41) is 0. The van der Waals surface area contributed by atoms with Gasteiger partial charge in [-0.15, -0.1) is 0 Å². The molecule has 1 aromatic heterocycles. The summed E-state index contributed by atoms with van der Waals surface area (Å²) in [4.78, 5) is 16.0. The molecule has 1 aromatic rings. The molecule has 1 aliphatic rings. The van der Waals surface area contributed by atoms with Crippen LogP contribution in [0.1, 0.15) is 39.3 Å². The fraction of sp³-hybridized carbons (Fsp3) is 0.538. The van der Waals surface area contributed by atoms with Gasteiger partial charge in [-0.3, -0.25) is 4.79 Å². The summed E-state index contributed by atoms with van der Waals surface area (Å²) in [5.41, 5.74) is 0.550. The summed E-state index contributed by atoms with van der Waals surface area (Å²) in [5.74, 6) is 0.821. The highest BCUT2D eigenvalue weighted by molar-refractivity contribution is 5.90. The van der Waals surface area contributed by atoms with E-state index in [0.29, 0.717) is 5.88 Å². The lowest BCUT2D eigenvalue weighted by Crippen LogP contribution is -2.19. The van der Waals surface area contributed by atoms with Gasteiger partial charge >= 0.3 is 0 Å². The molecule has 1 fully saturated rings. The molecule has 0 spiro atoms. The summed E-state index contributed by atoms with van der Waals surface area (Å²) in [6, 6.07) is 5.66. The molecule has 0 atom stereocenters. The van der Waals surface area contributed by atoms with Crippen molar-refractivity contribution >= 4 is 5.78 Å². The first-order valence-electron chi connectivity index (χ1n) is 5.70. The molecule has 0 bridgehead atoms. The lowest BCUT2D eigenvalue weighted by Gasteiger charge is -2.13. The molecule has 1 aliphatic carbocycles. The third-order valence-electron chi connectivity index (χ3n) is 2.99. The van der Waals surface area contributed by atoms with Crippen LogP contribution in [0.5, 0.6) is 5.88 Å². The number of carbonyl (C=O) groups excluding carboxylic acids is 1. The van der Waals surface area contributed by atoms with Gasteiger partial charge in [-0.1, -0.05) is 6.07 Å². The number of Topliss-reactive ketones (excluding diaryl/α,β-unsaturated/α-hetero) is 1. The Morgan fingerprint density at radius 3 is 2.62 bits per heavy atom. The van der Waals surface area contributed by atoms with E-state index >= 15 is 0 Å². The first kappa shape index (κ1) is 11.1. The Morgan fingerprint density at radius 2 is 2.12 bits per heavy atom. The van der Waals surface area contributed by atoms with E-state index in [1.165, 1.54) is 0 Å². The van der Waals surface area contributed by atoms with Gasteiger partial charge in [0.25, 0.3) is 0 Å². The molecule has 1 heterocycles. The van der Waals surface area contributed by atoms with Crippen molar-refractivity contribution in [3.05, 3.63) is 23.9 Å². The number of hydrogen-bond donors (Lipinski definition) is 0. The van der Waals surface area contributed by atoms with Gasteiger partial charge in [-0.25, -0.2) is 4.98 Å². The van der Waals surface area contributed by atoms with Crippen molar-refractivity contribution in [2.45, 2.75) is 45.1 Å². The lowest BCUT2D eigenvalue weighted by molar-refractivity contribution is -0.119. The van der Waals surface area contributed by atoms with Crippen molar-refractivity contribution < 1.29 is 9.53 Å². The smallest absolute Gasteiger partial charge is 0.213 e. The Hall–Kier alpha value is -1.38. The molecule has 0 saturated heterocycles. The average molecular weight is 219 g/mol. The average Bonchev–Trinajstić information content (AvgIpc) is 2.97.